The molecule has 0 heterocycles. The average Bonchev–Trinajstić information content (AvgIpc) is 2.76. The molecule has 0 saturated carbocycles. The van der Waals surface area contributed by atoms with Crippen molar-refractivity contribution in [2.45, 2.75) is 44.7 Å². The summed E-state index contributed by atoms with van der Waals surface area (Å²) in [4.78, 5) is 16.7. The molecule has 0 aromatic heterocycles. The van der Waals surface area contributed by atoms with Crippen LogP contribution in [0.1, 0.15) is 38.3 Å². The van der Waals surface area contributed by atoms with E-state index in [-0.39, 0.29) is 12.1 Å². The monoisotopic (exact) mass is 423 g/mol. The minimum Gasteiger partial charge on any atom is -0.414 e. The largest absolute Gasteiger partial charge is 0.414 e. The van der Waals surface area contributed by atoms with Crippen LogP contribution in [0.25, 0.3) is 0 Å². The van der Waals surface area contributed by atoms with Crippen LogP contribution in [-0.4, -0.2) is 55.7 Å². The normalized spacial score (nSPS) is 14.3. The highest BCUT2D eigenvalue weighted by atomic mass is 16.6. The van der Waals surface area contributed by atoms with Gasteiger partial charge in [-0.15, -0.1) is 0 Å². The van der Waals surface area contributed by atoms with Crippen molar-refractivity contribution < 1.29 is 9.53 Å². The molecular formula is C26H37N3O2. The molecule has 0 spiro atoms. The Morgan fingerprint density at radius 3 is 1.87 bits per heavy atom. The summed E-state index contributed by atoms with van der Waals surface area (Å²) >= 11 is 0. The Bertz CT molecular complexity index is 808. The van der Waals surface area contributed by atoms with Crippen LogP contribution < -0.4 is 5.73 Å². The van der Waals surface area contributed by atoms with Crippen molar-refractivity contribution in [3.63, 3.8) is 0 Å². The van der Waals surface area contributed by atoms with E-state index in [0.29, 0.717) is 12.3 Å². The van der Waals surface area contributed by atoms with Crippen LogP contribution in [0.15, 0.2) is 72.5 Å². The van der Waals surface area contributed by atoms with Crippen molar-refractivity contribution in [1.29, 1.82) is 0 Å². The van der Waals surface area contributed by atoms with Gasteiger partial charge in [-0.05, 0) is 58.5 Å². The van der Waals surface area contributed by atoms with Gasteiger partial charge < -0.3 is 20.3 Å². The number of allylic oxidation sites excluding steroid dienone is 2. The first kappa shape index (κ1) is 24.6. The Hall–Kier alpha value is -2.63. The Morgan fingerprint density at radius 1 is 1.00 bits per heavy atom. The number of hydrogen-bond donors (Lipinski definition) is 1. The Kier molecular flexibility index (Phi) is 8.84. The predicted molar refractivity (Wildman–Crippen MR) is 128 cm³/mol. The molecule has 0 aliphatic carbocycles. The molecule has 0 saturated heterocycles. The van der Waals surface area contributed by atoms with Gasteiger partial charge in [0.2, 0.25) is 0 Å². The Morgan fingerprint density at radius 2 is 1.48 bits per heavy atom. The fourth-order valence-corrected chi connectivity index (χ4v) is 3.93. The number of nitrogens with zero attached hydrogens (tertiary/aromatic N) is 2. The zero-order valence-corrected chi connectivity index (χ0v) is 19.7. The highest BCUT2D eigenvalue weighted by Crippen LogP contribution is 2.44. The molecule has 2 aromatic rings. The van der Waals surface area contributed by atoms with E-state index in [1.807, 2.05) is 56.3 Å². The lowest BCUT2D eigenvalue weighted by Gasteiger charge is -2.40. The van der Waals surface area contributed by atoms with Gasteiger partial charge in [0, 0.05) is 25.7 Å². The third-order valence-corrected chi connectivity index (χ3v) is 5.77. The van der Waals surface area contributed by atoms with Gasteiger partial charge >= 0.3 is 6.09 Å². The van der Waals surface area contributed by atoms with E-state index in [2.05, 4.69) is 50.2 Å². The van der Waals surface area contributed by atoms with Crippen LogP contribution in [0, 0.1) is 0 Å². The third-order valence-electron chi connectivity index (χ3n) is 5.77. The first-order chi connectivity index (χ1) is 14.7. The number of carbonyl (C=O) groups excluding carboxylic acids is 1. The van der Waals surface area contributed by atoms with Crippen molar-refractivity contribution in [3.05, 3.63) is 83.6 Å². The maximum Gasteiger partial charge on any atom is 0.414 e. The van der Waals surface area contributed by atoms with Gasteiger partial charge in [0.15, 0.2) is 0 Å². The van der Waals surface area contributed by atoms with Gasteiger partial charge in [0.05, 0.1) is 5.41 Å². The van der Waals surface area contributed by atoms with E-state index in [4.69, 9.17) is 10.5 Å². The van der Waals surface area contributed by atoms with Gasteiger partial charge in [0.1, 0.15) is 5.76 Å². The fourth-order valence-electron chi connectivity index (χ4n) is 3.93. The van der Waals surface area contributed by atoms with Crippen molar-refractivity contribution in [2.75, 3.05) is 27.7 Å². The Labute approximate surface area is 187 Å². The van der Waals surface area contributed by atoms with E-state index in [1.54, 1.807) is 7.05 Å². The number of rotatable bonds is 9. The molecule has 0 bridgehead atoms. The molecule has 5 heteroatoms. The van der Waals surface area contributed by atoms with Gasteiger partial charge in [-0.2, -0.15) is 0 Å². The molecule has 2 rings (SSSR count). The minimum absolute atomic E-state index is 0.131. The molecule has 0 aliphatic rings. The molecular weight excluding hydrogens is 386 g/mol. The van der Waals surface area contributed by atoms with Crippen molar-refractivity contribution in [2.24, 2.45) is 5.73 Å². The second kappa shape index (κ2) is 11.1. The van der Waals surface area contributed by atoms with Crippen molar-refractivity contribution in [3.8, 4) is 0 Å². The average molecular weight is 424 g/mol. The quantitative estimate of drug-likeness (QED) is 0.597. The zero-order chi connectivity index (χ0) is 23.0. The van der Waals surface area contributed by atoms with Gasteiger partial charge in [-0.25, -0.2) is 4.79 Å². The standard InChI is InChI=1S/C26H37N3O2/c1-7-24(31-25(30)29(6)19-20(2)27)26(18-21(3)28(4)5,22-14-10-8-11-15-22)23-16-12-9-13-17-23/h7-17,20-21H,18-19,27H2,1-6H3/b24-7-/t20-,21+/m0/s1. The molecule has 0 radical (unpaired) electrons. The number of ether oxygens (including phenoxy) is 1. The van der Waals surface area contributed by atoms with Crippen molar-refractivity contribution >= 4 is 6.09 Å². The molecule has 0 fully saturated rings. The van der Waals surface area contributed by atoms with E-state index in [9.17, 15) is 4.79 Å². The summed E-state index contributed by atoms with van der Waals surface area (Å²) in [5.41, 5.74) is 7.45. The molecule has 5 nitrogen and oxygen atoms in total. The van der Waals surface area contributed by atoms with Gasteiger partial charge in [0.25, 0.3) is 0 Å². The van der Waals surface area contributed by atoms with Gasteiger partial charge in [-0.1, -0.05) is 60.7 Å². The summed E-state index contributed by atoms with van der Waals surface area (Å²) in [6.45, 7) is 6.41. The molecule has 2 atom stereocenters. The summed E-state index contributed by atoms with van der Waals surface area (Å²) in [5, 5.41) is 0. The molecule has 2 N–H and O–H groups in total. The van der Waals surface area contributed by atoms with E-state index >= 15 is 0 Å². The van der Waals surface area contributed by atoms with Crippen LogP contribution in [0.3, 0.4) is 0 Å². The molecule has 168 valence electrons. The van der Waals surface area contributed by atoms with Crippen LogP contribution in [0.2, 0.25) is 0 Å². The number of carbonyl (C=O) groups is 1. The summed E-state index contributed by atoms with van der Waals surface area (Å²) in [6.07, 6.45) is 2.26. The fraction of sp³-hybridized carbons (Fsp3) is 0.423. The maximum atomic E-state index is 13.0. The topological polar surface area (TPSA) is 58.8 Å². The van der Waals surface area contributed by atoms with Gasteiger partial charge in [-0.3, -0.25) is 0 Å². The van der Waals surface area contributed by atoms with Crippen LogP contribution in [0.4, 0.5) is 4.79 Å². The SMILES string of the molecule is C/C=C(\OC(=O)N(C)C[C@H](C)N)C(C[C@@H](C)N(C)C)(c1ccccc1)c1ccccc1. The first-order valence-corrected chi connectivity index (χ1v) is 10.8. The molecule has 1 amide bonds. The van der Waals surface area contributed by atoms with Crippen LogP contribution in [0.5, 0.6) is 0 Å². The molecule has 0 aliphatic heterocycles. The zero-order valence-electron chi connectivity index (χ0n) is 19.7. The molecule has 31 heavy (non-hydrogen) atoms. The molecule has 0 unspecified atom stereocenters. The maximum absolute atomic E-state index is 13.0. The highest BCUT2D eigenvalue weighted by molar-refractivity contribution is 5.69. The number of amides is 1. The Balaban J connectivity index is 2.64. The van der Waals surface area contributed by atoms with Crippen molar-refractivity contribution in [1.82, 2.24) is 9.80 Å². The minimum atomic E-state index is -0.619. The molecule has 2 aromatic carbocycles. The first-order valence-electron chi connectivity index (χ1n) is 10.8. The second-order valence-electron chi connectivity index (χ2n) is 8.53. The third kappa shape index (κ3) is 5.96. The predicted octanol–water partition coefficient (Wildman–Crippen LogP) is 4.63. The number of benzene rings is 2. The van der Waals surface area contributed by atoms with E-state index < -0.39 is 11.5 Å². The smallest absolute Gasteiger partial charge is 0.414 e. The highest BCUT2D eigenvalue weighted by Gasteiger charge is 2.42. The summed E-state index contributed by atoms with van der Waals surface area (Å²) < 4.78 is 6.09. The lowest BCUT2D eigenvalue weighted by atomic mass is 9.68. The summed E-state index contributed by atoms with van der Waals surface area (Å²) in [7, 11) is 5.86. The lowest BCUT2D eigenvalue weighted by Crippen LogP contribution is -2.42. The second-order valence-corrected chi connectivity index (χ2v) is 8.53. The number of hydrogen-bond acceptors (Lipinski definition) is 4. The summed E-state index contributed by atoms with van der Waals surface area (Å²) in [6, 6.07) is 20.7. The van der Waals surface area contributed by atoms with E-state index in [1.165, 1.54) is 4.90 Å². The lowest BCUT2D eigenvalue weighted by molar-refractivity contribution is 0.120. The van der Waals surface area contributed by atoms with E-state index in [0.717, 1.165) is 17.5 Å². The van der Waals surface area contributed by atoms with Crippen LogP contribution in [-0.2, 0) is 10.2 Å². The number of likely N-dealkylation sites (N-methyl/N-ethyl adjacent to an activating group) is 1. The summed E-state index contributed by atoms with van der Waals surface area (Å²) in [5.74, 6) is 0.625. The number of nitrogens with two attached hydrogens (primary N) is 1. The van der Waals surface area contributed by atoms with Crippen LogP contribution >= 0.6 is 0 Å².